The molecule has 33 heavy (non-hydrogen) atoms. The molecule has 6 nitrogen and oxygen atoms in total. The highest BCUT2D eigenvalue weighted by Gasteiger charge is 2.57. The number of benzene rings is 1. The van der Waals surface area contributed by atoms with Gasteiger partial charge in [0.1, 0.15) is 0 Å². The smallest absolute Gasteiger partial charge is 0.305 e. The second-order valence-corrected chi connectivity index (χ2v) is 10.3. The Morgan fingerprint density at radius 3 is 2.64 bits per heavy atom. The molecule has 0 unspecified atom stereocenters. The fourth-order valence-corrected chi connectivity index (χ4v) is 5.86. The Morgan fingerprint density at radius 1 is 1.15 bits per heavy atom. The number of thioether (sulfide) groups is 1. The van der Waals surface area contributed by atoms with Crippen molar-refractivity contribution in [3.8, 4) is 11.4 Å². The first-order chi connectivity index (χ1) is 15.7. The minimum Gasteiger partial charge on any atom is -0.305 e. The van der Waals surface area contributed by atoms with Gasteiger partial charge in [-0.1, -0.05) is 23.9 Å². The minimum absolute atomic E-state index is 0.259. The van der Waals surface area contributed by atoms with E-state index in [1.807, 2.05) is 24.9 Å². The van der Waals surface area contributed by atoms with E-state index in [2.05, 4.69) is 20.2 Å². The number of nitrogens with zero attached hydrogens (tertiary/aromatic N) is 6. The molecule has 2 aromatic heterocycles. The molecule has 176 valence electrons. The van der Waals surface area contributed by atoms with Gasteiger partial charge in [0.15, 0.2) is 11.0 Å². The third-order valence-electron chi connectivity index (χ3n) is 6.94. The van der Waals surface area contributed by atoms with Gasteiger partial charge in [0.25, 0.3) is 0 Å². The van der Waals surface area contributed by atoms with Gasteiger partial charge in [0, 0.05) is 32.6 Å². The summed E-state index contributed by atoms with van der Waals surface area (Å²) in [5.41, 5.74) is 1.69. The molecule has 1 aliphatic heterocycles. The normalized spacial score (nSPS) is 23.0. The molecule has 3 heterocycles. The summed E-state index contributed by atoms with van der Waals surface area (Å²) in [7, 11) is 3.86. The first-order valence-corrected chi connectivity index (χ1v) is 12.1. The van der Waals surface area contributed by atoms with Crippen molar-refractivity contribution >= 4 is 11.8 Å². The summed E-state index contributed by atoms with van der Waals surface area (Å²) in [6.45, 7) is 3.14. The van der Waals surface area contributed by atoms with Crippen molar-refractivity contribution in [2.24, 2.45) is 19.5 Å². The van der Waals surface area contributed by atoms with Crippen molar-refractivity contribution in [2.75, 3.05) is 25.4 Å². The van der Waals surface area contributed by atoms with Crippen LogP contribution < -0.4 is 0 Å². The molecule has 5 rings (SSSR count). The van der Waals surface area contributed by atoms with E-state index in [1.165, 1.54) is 12.1 Å². The largest absolute Gasteiger partial charge is 0.416 e. The van der Waals surface area contributed by atoms with Crippen molar-refractivity contribution in [3.63, 3.8) is 0 Å². The summed E-state index contributed by atoms with van der Waals surface area (Å²) in [5.74, 6) is 2.17. The van der Waals surface area contributed by atoms with Crippen LogP contribution in [0.25, 0.3) is 11.4 Å². The van der Waals surface area contributed by atoms with Crippen LogP contribution in [0.4, 0.5) is 13.2 Å². The van der Waals surface area contributed by atoms with Crippen LogP contribution in [-0.2, 0) is 20.3 Å². The second-order valence-electron chi connectivity index (χ2n) is 9.23. The number of hydrogen-bond donors (Lipinski definition) is 0. The Bertz CT molecular complexity index is 1120. The van der Waals surface area contributed by atoms with E-state index >= 15 is 0 Å². The molecule has 1 saturated heterocycles. The Hall–Kier alpha value is -2.33. The molecule has 0 amide bonds. The molecule has 1 aromatic carbocycles. The lowest BCUT2D eigenvalue weighted by atomic mass is 9.97. The molecule has 3 aromatic rings. The van der Waals surface area contributed by atoms with Crippen LogP contribution in [0.2, 0.25) is 0 Å². The molecule has 0 bridgehead atoms. The van der Waals surface area contributed by atoms with Crippen LogP contribution in [0.3, 0.4) is 0 Å². The quantitative estimate of drug-likeness (QED) is 0.369. The Balaban J connectivity index is 1.09. The molecule has 10 heteroatoms. The highest BCUT2D eigenvalue weighted by molar-refractivity contribution is 7.99. The van der Waals surface area contributed by atoms with Crippen molar-refractivity contribution in [3.05, 3.63) is 47.8 Å². The van der Waals surface area contributed by atoms with Crippen molar-refractivity contribution < 1.29 is 13.2 Å². The van der Waals surface area contributed by atoms with Crippen molar-refractivity contribution in [1.29, 1.82) is 0 Å². The first-order valence-electron chi connectivity index (χ1n) is 11.2. The van der Waals surface area contributed by atoms with Gasteiger partial charge in [-0.05, 0) is 61.4 Å². The fraction of sp³-hybridized carbons (Fsp3) is 0.522. The van der Waals surface area contributed by atoms with E-state index in [0.29, 0.717) is 5.92 Å². The zero-order chi connectivity index (χ0) is 23.2. The van der Waals surface area contributed by atoms with Crippen LogP contribution >= 0.6 is 11.8 Å². The molecule has 2 fully saturated rings. The minimum atomic E-state index is -4.27. The molecule has 0 N–H and O–H groups in total. The lowest BCUT2D eigenvalue weighted by Gasteiger charge is -2.16. The SMILES string of the molecule is Cn1cc(-c2nnc(SCCCN3CC[C@@]4(C[C@@H]4c4ccc(C(F)(F)F)cc4)C3)n2C)cn1. The van der Waals surface area contributed by atoms with Crippen molar-refractivity contribution in [2.45, 2.75) is 36.5 Å². The van der Waals surface area contributed by atoms with Gasteiger partial charge in [0.05, 0.1) is 17.3 Å². The Morgan fingerprint density at radius 2 is 1.94 bits per heavy atom. The van der Waals surface area contributed by atoms with Crippen molar-refractivity contribution in [1.82, 2.24) is 29.4 Å². The predicted molar refractivity (Wildman–Crippen MR) is 121 cm³/mol. The molecule has 1 aliphatic carbocycles. The average molecular weight is 477 g/mol. The average Bonchev–Trinajstić information content (AvgIpc) is 3.06. The first kappa shape index (κ1) is 22.5. The topological polar surface area (TPSA) is 51.8 Å². The monoisotopic (exact) mass is 476 g/mol. The van der Waals surface area contributed by atoms with Crippen LogP contribution in [-0.4, -0.2) is 54.8 Å². The zero-order valence-corrected chi connectivity index (χ0v) is 19.5. The van der Waals surface area contributed by atoms with Crippen LogP contribution in [0, 0.1) is 5.41 Å². The van der Waals surface area contributed by atoms with E-state index in [9.17, 15) is 13.2 Å². The summed E-state index contributed by atoms with van der Waals surface area (Å²) in [6, 6.07) is 5.78. The highest BCUT2D eigenvalue weighted by Crippen LogP contribution is 2.64. The summed E-state index contributed by atoms with van der Waals surface area (Å²) >= 11 is 1.71. The standard InChI is InChI=1S/C23H27F3N6S/c1-30-14-17(13-27-30)20-28-29-21(31(20)2)33-11-3-9-32-10-8-22(15-32)12-19(22)16-4-6-18(7-5-16)23(24,25)26/h4-7,13-14,19H,3,8-12,15H2,1-2H3/t19-,22-/m1/s1. The number of halogens is 3. The third-order valence-corrected chi connectivity index (χ3v) is 8.05. The van der Waals surface area contributed by atoms with E-state index in [1.54, 1.807) is 34.8 Å². The number of hydrogen-bond acceptors (Lipinski definition) is 5. The fourth-order valence-electron chi connectivity index (χ4n) is 5.03. The Kier molecular flexibility index (Phi) is 5.76. The summed E-state index contributed by atoms with van der Waals surface area (Å²) < 4.78 is 42.2. The molecular formula is C23H27F3N6S. The zero-order valence-electron chi connectivity index (χ0n) is 18.7. The van der Waals surface area contributed by atoms with Gasteiger partial charge >= 0.3 is 6.18 Å². The van der Waals surface area contributed by atoms with E-state index in [0.717, 1.165) is 66.8 Å². The van der Waals surface area contributed by atoms with Gasteiger partial charge in [-0.25, -0.2) is 0 Å². The van der Waals surface area contributed by atoms with Gasteiger partial charge in [-0.3, -0.25) is 4.68 Å². The molecule has 1 saturated carbocycles. The van der Waals surface area contributed by atoms with E-state index in [-0.39, 0.29) is 5.41 Å². The second kappa shape index (κ2) is 8.47. The van der Waals surface area contributed by atoms with Crippen LogP contribution in [0.15, 0.2) is 41.8 Å². The lowest BCUT2D eigenvalue weighted by molar-refractivity contribution is -0.137. The third kappa shape index (κ3) is 4.55. The number of aryl methyl sites for hydroxylation is 1. The molecule has 1 spiro atoms. The van der Waals surface area contributed by atoms with Gasteiger partial charge in [-0.2, -0.15) is 18.3 Å². The van der Waals surface area contributed by atoms with Crippen LogP contribution in [0.1, 0.15) is 36.3 Å². The maximum atomic E-state index is 12.8. The summed E-state index contributed by atoms with van der Waals surface area (Å²) in [5, 5.41) is 13.7. The van der Waals surface area contributed by atoms with Crippen LogP contribution in [0.5, 0.6) is 0 Å². The van der Waals surface area contributed by atoms with Gasteiger partial charge in [0.2, 0.25) is 0 Å². The molecule has 2 aliphatic rings. The highest BCUT2D eigenvalue weighted by atomic mass is 32.2. The maximum Gasteiger partial charge on any atom is 0.416 e. The molecule has 0 radical (unpaired) electrons. The molecular weight excluding hydrogens is 449 g/mol. The number of aromatic nitrogens is 5. The van der Waals surface area contributed by atoms with E-state index in [4.69, 9.17) is 0 Å². The summed E-state index contributed by atoms with van der Waals surface area (Å²) in [4.78, 5) is 2.50. The molecule has 2 atom stereocenters. The number of alkyl halides is 3. The summed E-state index contributed by atoms with van der Waals surface area (Å²) in [6.07, 6.45) is 2.71. The van der Waals surface area contributed by atoms with E-state index < -0.39 is 11.7 Å². The van der Waals surface area contributed by atoms with Gasteiger partial charge < -0.3 is 9.47 Å². The maximum absolute atomic E-state index is 12.8. The van der Waals surface area contributed by atoms with Gasteiger partial charge in [-0.15, -0.1) is 10.2 Å². The Labute approximate surface area is 195 Å². The number of likely N-dealkylation sites (tertiary alicyclic amines) is 1. The predicted octanol–water partition coefficient (Wildman–Crippen LogP) is 4.60. The lowest BCUT2D eigenvalue weighted by Crippen LogP contribution is -2.23. The number of rotatable bonds is 7.